The molecule has 0 bridgehead atoms. The number of amides is 3. The number of likely N-dealkylation sites (tertiary alicyclic amines) is 1. The van der Waals surface area contributed by atoms with Gasteiger partial charge in [-0.2, -0.15) is 0 Å². The van der Waals surface area contributed by atoms with Gasteiger partial charge in [0.1, 0.15) is 0 Å². The Balaban J connectivity index is 1.37. The third-order valence-electron chi connectivity index (χ3n) is 6.00. The van der Waals surface area contributed by atoms with E-state index in [-0.39, 0.29) is 23.9 Å². The average molecular weight is 336 g/mol. The summed E-state index contributed by atoms with van der Waals surface area (Å²) in [6.45, 7) is 5.40. The van der Waals surface area contributed by atoms with Crippen molar-refractivity contribution in [2.45, 2.75) is 64.0 Å². The quantitative estimate of drug-likeness (QED) is 0.728. The number of piperidine rings is 1. The Labute approximate surface area is 145 Å². The maximum Gasteiger partial charge on any atom is 0.317 e. The minimum absolute atomic E-state index is 0.0823. The maximum atomic E-state index is 12.4. The third-order valence-corrected chi connectivity index (χ3v) is 6.00. The lowest BCUT2D eigenvalue weighted by Gasteiger charge is -2.36. The van der Waals surface area contributed by atoms with Crippen LogP contribution in [0.25, 0.3) is 0 Å². The summed E-state index contributed by atoms with van der Waals surface area (Å²) in [5.41, 5.74) is 0. The van der Waals surface area contributed by atoms with Crippen molar-refractivity contribution in [1.82, 2.24) is 20.9 Å². The fraction of sp³-hybridized carbons (Fsp3) is 0.889. The Morgan fingerprint density at radius 3 is 2.17 bits per heavy atom. The summed E-state index contributed by atoms with van der Waals surface area (Å²) in [6.07, 6.45) is 7.71. The first kappa shape index (κ1) is 17.5. The minimum Gasteiger partial charge on any atom is -0.353 e. The first-order chi connectivity index (χ1) is 11.6. The second-order valence-corrected chi connectivity index (χ2v) is 7.76. The molecule has 3 aliphatic rings. The molecule has 1 atom stereocenters. The van der Waals surface area contributed by atoms with Crippen molar-refractivity contribution in [3.05, 3.63) is 0 Å². The number of hydrogen-bond donors (Lipinski definition) is 3. The SMILES string of the molecule is CC(C(=O)NC1CCN(C(=O)NC2CCCCC2)CC1)C1CNC1. The van der Waals surface area contributed by atoms with Gasteiger partial charge in [-0.25, -0.2) is 4.79 Å². The van der Waals surface area contributed by atoms with E-state index < -0.39 is 0 Å². The van der Waals surface area contributed by atoms with Crippen LogP contribution in [0.2, 0.25) is 0 Å². The maximum absolute atomic E-state index is 12.4. The highest BCUT2D eigenvalue weighted by molar-refractivity contribution is 5.79. The molecule has 0 aromatic carbocycles. The molecule has 0 spiro atoms. The van der Waals surface area contributed by atoms with Gasteiger partial charge in [0.2, 0.25) is 5.91 Å². The van der Waals surface area contributed by atoms with Crippen LogP contribution >= 0.6 is 0 Å². The standard InChI is InChI=1S/C18H32N4O2/c1-13(14-11-19-12-14)17(23)20-16-7-9-22(10-8-16)18(24)21-15-5-3-2-4-6-15/h13-16,19H,2-12H2,1H3,(H,20,23)(H,21,24). The van der Waals surface area contributed by atoms with Crippen LogP contribution in [0.4, 0.5) is 4.79 Å². The van der Waals surface area contributed by atoms with E-state index in [0.29, 0.717) is 12.0 Å². The van der Waals surface area contributed by atoms with Crippen molar-refractivity contribution >= 4 is 11.9 Å². The minimum atomic E-state index is 0.0823. The number of rotatable bonds is 4. The molecule has 24 heavy (non-hydrogen) atoms. The summed E-state index contributed by atoms with van der Waals surface area (Å²) in [6, 6.07) is 0.660. The van der Waals surface area contributed by atoms with Gasteiger partial charge in [0.15, 0.2) is 0 Å². The average Bonchev–Trinajstić information content (AvgIpc) is 2.54. The van der Waals surface area contributed by atoms with E-state index in [0.717, 1.165) is 51.9 Å². The summed E-state index contributed by atoms with van der Waals surface area (Å²) in [4.78, 5) is 26.6. The summed E-state index contributed by atoms with van der Waals surface area (Å²) < 4.78 is 0. The topological polar surface area (TPSA) is 73.5 Å². The fourth-order valence-corrected chi connectivity index (χ4v) is 3.95. The zero-order valence-electron chi connectivity index (χ0n) is 14.9. The Kier molecular flexibility index (Phi) is 5.98. The van der Waals surface area contributed by atoms with Crippen LogP contribution in [0.15, 0.2) is 0 Å². The van der Waals surface area contributed by atoms with Gasteiger partial charge in [-0.05, 0) is 44.7 Å². The van der Waals surface area contributed by atoms with Gasteiger partial charge in [0.05, 0.1) is 0 Å². The molecule has 6 nitrogen and oxygen atoms in total. The summed E-state index contributed by atoms with van der Waals surface area (Å²) in [7, 11) is 0. The van der Waals surface area contributed by atoms with Gasteiger partial charge in [-0.1, -0.05) is 26.2 Å². The van der Waals surface area contributed by atoms with Crippen molar-refractivity contribution in [3.8, 4) is 0 Å². The van der Waals surface area contributed by atoms with E-state index in [9.17, 15) is 9.59 Å². The molecular weight excluding hydrogens is 304 g/mol. The smallest absolute Gasteiger partial charge is 0.317 e. The first-order valence-electron chi connectivity index (χ1n) is 9.70. The van der Waals surface area contributed by atoms with Crippen molar-refractivity contribution in [1.29, 1.82) is 0 Å². The van der Waals surface area contributed by atoms with Gasteiger partial charge in [-0.15, -0.1) is 0 Å². The van der Waals surface area contributed by atoms with Crippen LogP contribution < -0.4 is 16.0 Å². The molecule has 0 radical (unpaired) electrons. The lowest BCUT2D eigenvalue weighted by Crippen LogP contribution is -2.54. The molecule has 3 fully saturated rings. The van der Waals surface area contributed by atoms with Crippen LogP contribution in [-0.2, 0) is 4.79 Å². The summed E-state index contributed by atoms with van der Waals surface area (Å²) in [5.74, 6) is 0.733. The van der Waals surface area contributed by atoms with Crippen LogP contribution in [0.3, 0.4) is 0 Å². The Bertz CT molecular complexity index is 438. The second kappa shape index (κ2) is 8.19. The molecule has 0 aromatic heterocycles. The molecule has 0 aromatic rings. The molecule has 2 heterocycles. The number of nitrogens with one attached hydrogen (secondary N) is 3. The van der Waals surface area contributed by atoms with E-state index in [2.05, 4.69) is 16.0 Å². The number of urea groups is 1. The lowest BCUT2D eigenvalue weighted by molar-refractivity contribution is -0.127. The molecule has 2 saturated heterocycles. The largest absolute Gasteiger partial charge is 0.353 e. The third kappa shape index (κ3) is 4.41. The molecule has 2 aliphatic heterocycles. The normalized spacial score (nSPS) is 25.0. The molecule has 3 N–H and O–H groups in total. The molecule has 1 aliphatic carbocycles. The Hall–Kier alpha value is -1.30. The highest BCUT2D eigenvalue weighted by Crippen LogP contribution is 2.19. The highest BCUT2D eigenvalue weighted by atomic mass is 16.2. The second-order valence-electron chi connectivity index (χ2n) is 7.76. The van der Waals surface area contributed by atoms with Crippen LogP contribution in [0.5, 0.6) is 0 Å². The molecule has 3 amide bonds. The highest BCUT2D eigenvalue weighted by Gasteiger charge is 2.31. The van der Waals surface area contributed by atoms with Crippen molar-refractivity contribution in [2.24, 2.45) is 11.8 Å². The molecule has 3 rings (SSSR count). The van der Waals surface area contributed by atoms with E-state index in [1.165, 1.54) is 19.3 Å². The monoisotopic (exact) mass is 336 g/mol. The van der Waals surface area contributed by atoms with E-state index in [1.54, 1.807) is 0 Å². The zero-order valence-corrected chi connectivity index (χ0v) is 14.9. The van der Waals surface area contributed by atoms with Crippen LogP contribution in [0.1, 0.15) is 51.9 Å². The van der Waals surface area contributed by atoms with Gasteiger partial charge in [-0.3, -0.25) is 4.79 Å². The van der Waals surface area contributed by atoms with E-state index in [4.69, 9.17) is 0 Å². The van der Waals surface area contributed by atoms with Crippen LogP contribution in [0, 0.1) is 11.8 Å². The van der Waals surface area contributed by atoms with Crippen molar-refractivity contribution in [2.75, 3.05) is 26.2 Å². The summed E-state index contributed by atoms with van der Waals surface area (Å²) in [5, 5.41) is 9.59. The predicted octanol–water partition coefficient (Wildman–Crippen LogP) is 1.46. The number of carbonyl (C=O) groups is 2. The van der Waals surface area contributed by atoms with Gasteiger partial charge < -0.3 is 20.9 Å². The number of nitrogens with zero attached hydrogens (tertiary/aromatic N) is 1. The van der Waals surface area contributed by atoms with Gasteiger partial charge >= 0.3 is 6.03 Å². The molecule has 6 heteroatoms. The Morgan fingerprint density at radius 1 is 0.958 bits per heavy atom. The van der Waals surface area contributed by atoms with Gasteiger partial charge in [0, 0.05) is 31.1 Å². The van der Waals surface area contributed by atoms with Crippen molar-refractivity contribution in [3.63, 3.8) is 0 Å². The first-order valence-corrected chi connectivity index (χ1v) is 9.70. The van der Waals surface area contributed by atoms with E-state index in [1.807, 2.05) is 11.8 Å². The molecular formula is C18H32N4O2. The van der Waals surface area contributed by atoms with Crippen molar-refractivity contribution < 1.29 is 9.59 Å². The Morgan fingerprint density at radius 2 is 1.58 bits per heavy atom. The van der Waals surface area contributed by atoms with Gasteiger partial charge in [0.25, 0.3) is 0 Å². The molecule has 1 saturated carbocycles. The zero-order chi connectivity index (χ0) is 16.9. The number of hydrogen-bond acceptors (Lipinski definition) is 3. The molecule has 136 valence electrons. The molecule has 1 unspecified atom stereocenters. The van der Waals surface area contributed by atoms with Crippen LogP contribution in [-0.4, -0.2) is 55.1 Å². The lowest BCUT2D eigenvalue weighted by atomic mass is 9.88. The number of carbonyl (C=O) groups excluding carboxylic acids is 2. The van der Waals surface area contributed by atoms with E-state index >= 15 is 0 Å². The summed E-state index contributed by atoms with van der Waals surface area (Å²) >= 11 is 0. The fourth-order valence-electron chi connectivity index (χ4n) is 3.95. The predicted molar refractivity (Wildman–Crippen MR) is 93.7 cm³/mol.